The molecular weight excluding hydrogens is 482 g/mol. The van der Waals surface area contributed by atoms with Gasteiger partial charge in [-0.15, -0.1) is 0 Å². The number of H-pyrrole nitrogens is 1. The fraction of sp³-hybridized carbons (Fsp3) is 0.370. The van der Waals surface area contributed by atoms with Crippen LogP contribution in [0.2, 0.25) is 5.02 Å². The van der Waals surface area contributed by atoms with Crippen LogP contribution >= 0.6 is 11.6 Å². The van der Waals surface area contributed by atoms with Crippen LogP contribution in [0.25, 0.3) is 10.8 Å². The molecule has 1 fully saturated rings. The Balaban J connectivity index is 1.33. The summed E-state index contributed by atoms with van der Waals surface area (Å²) in [6, 6.07) is 12.6. The number of aromatic amines is 1. The molecule has 8 nitrogen and oxygen atoms in total. The standard InChI is InChI=1S/C27H30ClN3O5/c1-17-13-19(28)7-8-25(17)36-20-9-11-31(12-10-20)16-21(35-18(2)32)14-29-27(34)24-15-30-26(33)23-6-4-3-5-22(23)24/h3-8,13,15,20-21H,9-12,14,16H2,1-2H3,(H,29,34)(H,30,33)/t21-/m0/s1. The second-order valence-electron chi connectivity index (χ2n) is 9.05. The zero-order valence-corrected chi connectivity index (χ0v) is 21.1. The number of piperidine rings is 1. The van der Waals surface area contributed by atoms with Crippen molar-refractivity contribution in [3.8, 4) is 5.75 Å². The molecule has 1 amide bonds. The van der Waals surface area contributed by atoms with Gasteiger partial charge in [0, 0.05) is 48.5 Å². The molecule has 36 heavy (non-hydrogen) atoms. The number of ether oxygens (including phenoxy) is 2. The summed E-state index contributed by atoms with van der Waals surface area (Å²) in [6.45, 7) is 5.56. The highest BCUT2D eigenvalue weighted by Crippen LogP contribution is 2.25. The van der Waals surface area contributed by atoms with Gasteiger partial charge >= 0.3 is 5.97 Å². The number of carbonyl (C=O) groups excluding carboxylic acids is 2. The van der Waals surface area contributed by atoms with E-state index < -0.39 is 12.1 Å². The average molecular weight is 512 g/mol. The van der Waals surface area contributed by atoms with Crippen molar-refractivity contribution in [3.05, 3.63) is 75.2 Å². The number of pyridine rings is 1. The molecule has 2 heterocycles. The van der Waals surface area contributed by atoms with Crippen LogP contribution in [0, 0.1) is 6.92 Å². The fourth-order valence-electron chi connectivity index (χ4n) is 4.50. The van der Waals surface area contributed by atoms with Crippen molar-refractivity contribution in [2.24, 2.45) is 0 Å². The van der Waals surface area contributed by atoms with Gasteiger partial charge in [-0.05, 0) is 49.6 Å². The summed E-state index contributed by atoms with van der Waals surface area (Å²) < 4.78 is 11.7. The van der Waals surface area contributed by atoms with E-state index in [1.807, 2.05) is 25.1 Å². The van der Waals surface area contributed by atoms with Crippen molar-refractivity contribution in [1.29, 1.82) is 0 Å². The molecule has 2 N–H and O–H groups in total. The first-order valence-electron chi connectivity index (χ1n) is 12.0. The van der Waals surface area contributed by atoms with E-state index in [0.717, 1.165) is 37.2 Å². The van der Waals surface area contributed by atoms with E-state index in [-0.39, 0.29) is 24.1 Å². The van der Waals surface area contributed by atoms with Crippen molar-refractivity contribution < 1.29 is 19.1 Å². The molecule has 1 aromatic heterocycles. The second kappa shape index (κ2) is 11.6. The molecule has 9 heteroatoms. The van der Waals surface area contributed by atoms with E-state index in [2.05, 4.69) is 15.2 Å². The first-order chi connectivity index (χ1) is 17.3. The smallest absolute Gasteiger partial charge is 0.303 e. The minimum atomic E-state index is -0.503. The number of halogens is 1. The van der Waals surface area contributed by atoms with E-state index in [4.69, 9.17) is 21.1 Å². The minimum Gasteiger partial charge on any atom is -0.490 e. The van der Waals surface area contributed by atoms with Gasteiger partial charge in [-0.1, -0.05) is 29.8 Å². The predicted octanol–water partition coefficient (Wildman–Crippen LogP) is 3.69. The summed E-state index contributed by atoms with van der Waals surface area (Å²) in [6.07, 6.45) is 2.68. The van der Waals surface area contributed by atoms with Crippen LogP contribution in [0.1, 0.15) is 35.7 Å². The van der Waals surface area contributed by atoms with Gasteiger partial charge in [0.2, 0.25) is 0 Å². The lowest BCUT2D eigenvalue weighted by Gasteiger charge is -2.34. The number of aromatic nitrogens is 1. The van der Waals surface area contributed by atoms with Crippen molar-refractivity contribution >= 4 is 34.2 Å². The van der Waals surface area contributed by atoms with Crippen molar-refractivity contribution in [2.45, 2.75) is 38.9 Å². The van der Waals surface area contributed by atoms with Crippen LogP contribution in [0.15, 0.2) is 53.5 Å². The quantitative estimate of drug-likeness (QED) is 0.447. The highest BCUT2D eigenvalue weighted by molar-refractivity contribution is 6.30. The number of hydrogen-bond acceptors (Lipinski definition) is 6. The molecule has 1 aliphatic rings. The van der Waals surface area contributed by atoms with Gasteiger partial charge in [-0.2, -0.15) is 0 Å². The van der Waals surface area contributed by atoms with Gasteiger partial charge in [0.25, 0.3) is 11.5 Å². The van der Waals surface area contributed by atoms with E-state index in [1.54, 1.807) is 24.3 Å². The lowest BCUT2D eigenvalue weighted by atomic mass is 10.1. The van der Waals surface area contributed by atoms with Gasteiger partial charge in [0.1, 0.15) is 18.0 Å². The number of rotatable bonds is 8. The Morgan fingerprint density at radius 1 is 1.17 bits per heavy atom. The molecule has 1 aliphatic heterocycles. The maximum atomic E-state index is 12.9. The first kappa shape index (κ1) is 25.7. The molecule has 190 valence electrons. The number of hydrogen-bond donors (Lipinski definition) is 2. The lowest BCUT2D eigenvalue weighted by Crippen LogP contribution is -2.46. The molecule has 0 bridgehead atoms. The third kappa shape index (κ3) is 6.44. The van der Waals surface area contributed by atoms with Crippen LogP contribution in [-0.4, -0.2) is 60.1 Å². The number of nitrogens with one attached hydrogen (secondary N) is 2. The topological polar surface area (TPSA) is 101 Å². The Kier molecular flexibility index (Phi) is 8.28. The zero-order valence-electron chi connectivity index (χ0n) is 20.4. The number of nitrogens with zero attached hydrogens (tertiary/aromatic N) is 1. The molecule has 1 saturated heterocycles. The van der Waals surface area contributed by atoms with Crippen LogP contribution in [-0.2, 0) is 9.53 Å². The molecule has 0 saturated carbocycles. The molecule has 3 aromatic rings. The number of carbonyl (C=O) groups is 2. The Labute approximate surface area is 214 Å². The second-order valence-corrected chi connectivity index (χ2v) is 9.48. The molecular formula is C27H30ClN3O5. The highest BCUT2D eigenvalue weighted by atomic mass is 35.5. The van der Waals surface area contributed by atoms with Crippen LogP contribution in [0.5, 0.6) is 5.75 Å². The van der Waals surface area contributed by atoms with Gasteiger partial charge in [-0.25, -0.2) is 0 Å². The molecule has 1 atom stereocenters. The lowest BCUT2D eigenvalue weighted by molar-refractivity contribution is -0.147. The SMILES string of the molecule is CC(=O)O[C@@H](CNC(=O)c1c[nH]c(=O)c2ccccc12)CN1CCC(Oc2ccc(Cl)cc2C)CC1. The number of likely N-dealkylation sites (tertiary alicyclic amines) is 1. The molecule has 0 aliphatic carbocycles. The Morgan fingerprint density at radius 2 is 1.89 bits per heavy atom. The molecule has 2 aromatic carbocycles. The van der Waals surface area contributed by atoms with Crippen LogP contribution in [0.3, 0.4) is 0 Å². The van der Waals surface area contributed by atoms with E-state index in [9.17, 15) is 14.4 Å². The number of benzene rings is 2. The summed E-state index contributed by atoms with van der Waals surface area (Å²) in [7, 11) is 0. The van der Waals surface area contributed by atoms with Gasteiger partial charge in [0.05, 0.1) is 12.1 Å². The van der Waals surface area contributed by atoms with Crippen LogP contribution < -0.4 is 15.6 Å². The van der Waals surface area contributed by atoms with E-state index in [1.165, 1.54) is 13.1 Å². The predicted molar refractivity (Wildman–Crippen MR) is 139 cm³/mol. The Bertz CT molecular complexity index is 1300. The summed E-state index contributed by atoms with van der Waals surface area (Å²) in [5.74, 6) is 0.0957. The monoisotopic (exact) mass is 511 g/mol. The zero-order chi connectivity index (χ0) is 25.7. The maximum Gasteiger partial charge on any atom is 0.303 e. The third-order valence-electron chi connectivity index (χ3n) is 6.30. The molecule has 4 rings (SSSR count). The van der Waals surface area contributed by atoms with Gasteiger partial charge in [0.15, 0.2) is 0 Å². The van der Waals surface area contributed by atoms with Gasteiger partial charge < -0.3 is 19.8 Å². The first-order valence-corrected chi connectivity index (χ1v) is 12.4. The Morgan fingerprint density at radius 3 is 2.58 bits per heavy atom. The Hall–Kier alpha value is -3.36. The maximum absolute atomic E-state index is 12.9. The normalized spacial score (nSPS) is 15.4. The highest BCUT2D eigenvalue weighted by Gasteiger charge is 2.25. The number of esters is 1. The summed E-state index contributed by atoms with van der Waals surface area (Å²) in [5, 5.41) is 4.56. The molecule has 0 unspecified atom stereocenters. The van der Waals surface area contributed by atoms with Crippen molar-refractivity contribution in [1.82, 2.24) is 15.2 Å². The number of aryl methyl sites for hydroxylation is 1. The number of amides is 1. The fourth-order valence-corrected chi connectivity index (χ4v) is 4.73. The summed E-state index contributed by atoms with van der Waals surface area (Å²) >= 11 is 6.04. The van der Waals surface area contributed by atoms with Gasteiger partial charge in [-0.3, -0.25) is 19.3 Å². The van der Waals surface area contributed by atoms with Crippen molar-refractivity contribution in [2.75, 3.05) is 26.2 Å². The van der Waals surface area contributed by atoms with Crippen molar-refractivity contribution in [3.63, 3.8) is 0 Å². The molecule has 0 radical (unpaired) electrons. The van der Waals surface area contributed by atoms with Crippen LogP contribution in [0.4, 0.5) is 0 Å². The third-order valence-corrected chi connectivity index (χ3v) is 6.54. The van der Waals surface area contributed by atoms with E-state index in [0.29, 0.717) is 27.9 Å². The average Bonchev–Trinajstić information content (AvgIpc) is 2.85. The molecule has 0 spiro atoms. The van der Waals surface area contributed by atoms with E-state index >= 15 is 0 Å². The minimum absolute atomic E-state index is 0.0986. The largest absolute Gasteiger partial charge is 0.490 e. The summed E-state index contributed by atoms with van der Waals surface area (Å²) in [5.41, 5.74) is 1.12. The summed E-state index contributed by atoms with van der Waals surface area (Å²) in [4.78, 5) is 41.5. The number of fused-ring (bicyclic) bond motifs is 1.